The van der Waals surface area contributed by atoms with E-state index in [1.54, 1.807) is 4.90 Å². The lowest BCUT2D eigenvalue weighted by molar-refractivity contribution is -0.130. The molecule has 0 saturated carbocycles. The third kappa shape index (κ3) is 4.79. The number of sulfonamides is 1. The minimum absolute atomic E-state index is 0.00705. The van der Waals surface area contributed by atoms with Crippen molar-refractivity contribution < 1.29 is 18.0 Å². The van der Waals surface area contributed by atoms with Crippen LogP contribution in [-0.2, 0) is 32.6 Å². The second kappa shape index (κ2) is 7.12. The number of amides is 2. The molecule has 1 saturated heterocycles. The zero-order valence-corrected chi connectivity index (χ0v) is 14.2. The molecule has 1 aliphatic heterocycles. The fourth-order valence-corrected chi connectivity index (χ4v) is 3.42. The zero-order chi connectivity index (χ0) is 17.0. The van der Waals surface area contributed by atoms with Gasteiger partial charge in [-0.15, -0.1) is 0 Å². The number of rotatable bonds is 6. The van der Waals surface area contributed by atoms with Gasteiger partial charge >= 0.3 is 0 Å². The van der Waals surface area contributed by atoms with Crippen molar-refractivity contribution in [3.05, 3.63) is 35.4 Å². The van der Waals surface area contributed by atoms with Gasteiger partial charge < -0.3 is 4.90 Å². The summed E-state index contributed by atoms with van der Waals surface area (Å²) in [5.74, 6) is -0.561. The van der Waals surface area contributed by atoms with Crippen LogP contribution in [0.15, 0.2) is 24.3 Å². The third-order valence-electron chi connectivity index (χ3n) is 4.01. The van der Waals surface area contributed by atoms with Crippen LogP contribution in [-0.4, -0.2) is 37.4 Å². The van der Waals surface area contributed by atoms with Crippen molar-refractivity contribution in [2.24, 2.45) is 0 Å². The number of benzene rings is 1. The molecule has 0 spiro atoms. The molecule has 1 atom stereocenters. The third-order valence-corrected chi connectivity index (χ3v) is 4.61. The van der Waals surface area contributed by atoms with Gasteiger partial charge in [0, 0.05) is 25.4 Å². The summed E-state index contributed by atoms with van der Waals surface area (Å²) in [7, 11) is -3.57. The van der Waals surface area contributed by atoms with E-state index in [4.69, 9.17) is 0 Å². The molecule has 23 heavy (non-hydrogen) atoms. The van der Waals surface area contributed by atoms with Crippen LogP contribution in [0.5, 0.6) is 0 Å². The maximum Gasteiger partial charge on any atom is 0.235 e. The first-order valence-electron chi connectivity index (χ1n) is 7.67. The van der Waals surface area contributed by atoms with Crippen molar-refractivity contribution in [1.29, 1.82) is 0 Å². The Morgan fingerprint density at radius 2 is 1.96 bits per heavy atom. The van der Waals surface area contributed by atoms with E-state index in [0.29, 0.717) is 19.4 Å². The van der Waals surface area contributed by atoms with Gasteiger partial charge in [0.05, 0.1) is 6.26 Å². The van der Waals surface area contributed by atoms with Gasteiger partial charge in [-0.1, -0.05) is 31.2 Å². The van der Waals surface area contributed by atoms with Gasteiger partial charge in [0.2, 0.25) is 21.8 Å². The standard InChI is InChI=1S/C16H22N2O4S/c1-3-12-6-4-5-7-13(12)11-18-14(8-9-16(18)20)10-15(19)17-23(2,21)22/h4-7,14H,3,8-11H2,1-2H3,(H,17,19). The molecule has 1 aromatic carbocycles. The largest absolute Gasteiger partial charge is 0.335 e. The maximum absolute atomic E-state index is 12.1. The Morgan fingerprint density at radius 3 is 2.57 bits per heavy atom. The summed E-state index contributed by atoms with van der Waals surface area (Å²) in [6.45, 7) is 2.52. The lowest BCUT2D eigenvalue weighted by Crippen LogP contribution is -2.38. The molecular formula is C16H22N2O4S. The molecule has 1 heterocycles. The molecule has 1 unspecified atom stereocenters. The molecule has 2 rings (SSSR count). The second-order valence-electron chi connectivity index (χ2n) is 5.84. The van der Waals surface area contributed by atoms with Crippen molar-refractivity contribution in [3.63, 3.8) is 0 Å². The normalized spacial score (nSPS) is 18.3. The van der Waals surface area contributed by atoms with Gasteiger partial charge in [-0.3, -0.25) is 14.3 Å². The quantitative estimate of drug-likeness (QED) is 0.845. The Hall–Kier alpha value is -1.89. The first kappa shape index (κ1) is 17.5. The lowest BCUT2D eigenvalue weighted by Gasteiger charge is -2.25. The number of carbonyl (C=O) groups is 2. The second-order valence-corrected chi connectivity index (χ2v) is 7.59. The van der Waals surface area contributed by atoms with Crippen molar-refractivity contribution in [2.45, 2.75) is 45.2 Å². The van der Waals surface area contributed by atoms with Crippen molar-refractivity contribution in [2.75, 3.05) is 6.26 Å². The van der Waals surface area contributed by atoms with E-state index >= 15 is 0 Å². The number of hydrogen-bond donors (Lipinski definition) is 1. The van der Waals surface area contributed by atoms with Crippen LogP contribution >= 0.6 is 0 Å². The van der Waals surface area contributed by atoms with Crippen LogP contribution in [0.1, 0.15) is 37.3 Å². The summed E-state index contributed by atoms with van der Waals surface area (Å²) in [6.07, 6.45) is 2.79. The SMILES string of the molecule is CCc1ccccc1CN1C(=O)CCC1CC(=O)NS(C)(=O)=O. The Labute approximate surface area is 136 Å². The van der Waals surface area contributed by atoms with Crippen molar-refractivity contribution in [3.8, 4) is 0 Å². The van der Waals surface area contributed by atoms with E-state index in [9.17, 15) is 18.0 Å². The van der Waals surface area contributed by atoms with Gasteiger partial charge in [0.15, 0.2) is 0 Å². The van der Waals surface area contributed by atoms with Crippen LogP contribution in [0.2, 0.25) is 0 Å². The van der Waals surface area contributed by atoms with Crippen LogP contribution in [0.25, 0.3) is 0 Å². The summed E-state index contributed by atoms with van der Waals surface area (Å²) >= 11 is 0. The van der Waals surface area contributed by atoms with Crippen LogP contribution in [0.3, 0.4) is 0 Å². The summed E-state index contributed by atoms with van der Waals surface area (Å²) in [5.41, 5.74) is 2.24. The summed E-state index contributed by atoms with van der Waals surface area (Å²) < 4.78 is 24.2. The van der Waals surface area contributed by atoms with E-state index in [1.807, 2.05) is 29.0 Å². The summed E-state index contributed by atoms with van der Waals surface area (Å²) in [4.78, 5) is 25.6. The topological polar surface area (TPSA) is 83.6 Å². The Balaban J connectivity index is 2.09. The molecule has 0 bridgehead atoms. The van der Waals surface area contributed by atoms with E-state index in [1.165, 1.54) is 5.56 Å². The average molecular weight is 338 g/mol. The van der Waals surface area contributed by atoms with Crippen molar-refractivity contribution >= 4 is 21.8 Å². The molecular weight excluding hydrogens is 316 g/mol. The van der Waals surface area contributed by atoms with Gasteiger partial charge in [-0.25, -0.2) is 8.42 Å². The Kier molecular flexibility index (Phi) is 5.41. The minimum Gasteiger partial charge on any atom is -0.335 e. The Morgan fingerprint density at radius 1 is 1.30 bits per heavy atom. The van der Waals surface area contributed by atoms with Gasteiger partial charge in [0.25, 0.3) is 0 Å². The van der Waals surface area contributed by atoms with E-state index in [-0.39, 0.29) is 18.4 Å². The molecule has 0 radical (unpaired) electrons. The molecule has 1 N–H and O–H groups in total. The number of carbonyl (C=O) groups excluding carboxylic acids is 2. The van der Waals surface area contributed by atoms with Gasteiger partial charge in [-0.2, -0.15) is 0 Å². The van der Waals surface area contributed by atoms with Gasteiger partial charge in [0.1, 0.15) is 0 Å². The highest BCUT2D eigenvalue weighted by molar-refractivity contribution is 7.89. The fourth-order valence-electron chi connectivity index (χ4n) is 2.93. The number of nitrogens with one attached hydrogen (secondary N) is 1. The van der Waals surface area contributed by atoms with E-state index in [2.05, 4.69) is 6.92 Å². The molecule has 0 aliphatic carbocycles. The van der Waals surface area contributed by atoms with Crippen LogP contribution < -0.4 is 4.72 Å². The number of nitrogens with zero attached hydrogens (tertiary/aromatic N) is 1. The van der Waals surface area contributed by atoms with Gasteiger partial charge in [-0.05, 0) is 24.0 Å². The number of aryl methyl sites for hydroxylation is 1. The molecule has 126 valence electrons. The molecule has 2 amide bonds. The minimum atomic E-state index is -3.57. The van der Waals surface area contributed by atoms with E-state index < -0.39 is 15.9 Å². The Bertz CT molecular complexity index is 700. The maximum atomic E-state index is 12.1. The predicted molar refractivity (Wildman–Crippen MR) is 87.0 cm³/mol. The number of likely N-dealkylation sites (tertiary alicyclic amines) is 1. The molecule has 0 aromatic heterocycles. The highest BCUT2D eigenvalue weighted by Crippen LogP contribution is 2.25. The van der Waals surface area contributed by atoms with Crippen LogP contribution in [0, 0.1) is 0 Å². The van der Waals surface area contributed by atoms with Crippen molar-refractivity contribution in [1.82, 2.24) is 9.62 Å². The summed E-state index contributed by atoms with van der Waals surface area (Å²) in [5, 5.41) is 0. The molecule has 6 nitrogen and oxygen atoms in total. The summed E-state index contributed by atoms with van der Waals surface area (Å²) in [6, 6.07) is 7.65. The number of hydrogen-bond acceptors (Lipinski definition) is 4. The first-order valence-corrected chi connectivity index (χ1v) is 9.56. The molecule has 1 aromatic rings. The predicted octanol–water partition coefficient (Wildman–Crippen LogP) is 1.21. The van der Waals surface area contributed by atoms with E-state index in [0.717, 1.165) is 18.2 Å². The molecule has 1 aliphatic rings. The fraction of sp³-hybridized carbons (Fsp3) is 0.500. The molecule has 7 heteroatoms. The molecule has 1 fully saturated rings. The van der Waals surface area contributed by atoms with Crippen LogP contribution in [0.4, 0.5) is 0 Å². The smallest absolute Gasteiger partial charge is 0.235 e. The first-order chi connectivity index (χ1) is 10.8. The zero-order valence-electron chi connectivity index (χ0n) is 13.4. The monoisotopic (exact) mass is 338 g/mol. The highest BCUT2D eigenvalue weighted by Gasteiger charge is 2.33. The highest BCUT2D eigenvalue weighted by atomic mass is 32.2. The lowest BCUT2D eigenvalue weighted by atomic mass is 10.0. The average Bonchev–Trinajstić information content (AvgIpc) is 2.79.